The minimum atomic E-state index is -0.196. The second kappa shape index (κ2) is 7.54. The van der Waals surface area contributed by atoms with Gasteiger partial charge in [0.25, 0.3) is 5.56 Å². The van der Waals surface area contributed by atoms with E-state index in [0.29, 0.717) is 16.7 Å². The van der Waals surface area contributed by atoms with E-state index >= 15 is 0 Å². The van der Waals surface area contributed by atoms with Gasteiger partial charge in [-0.1, -0.05) is 24.3 Å². The van der Waals surface area contributed by atoms with Gasteiger partial charge in [0, 0.05) is 17.0 Å². The number of rotatable bonds is 5. The third kappa shape index (κ3) is 3.78. The molecule has 0 aliphatic rings. The Labute approximate surface area is 168 Å². The summed E-state index contributed by atoms with van der Waals surface area (Å²) in [6.45, 7) is 6.15. The number of carbonyl (C=O) groups excluding carboxylic acids is 1. The minimum absolute atomic E-state index is 0.0420. The van der Waals surface area contributed by atoms with Gasteiger partial charge in [0.2, 0.25) is 5.91 Å². The van der Waals surface area contributed by atoms with Crippen LogP contribution >= 0.6 is 0 Å². The summed E-state index contributed by atoms with van der Waals surface area (Å²) in [5, 5.41) is 1.49. The van der Waals surface area contributed by atoms with E-state index in [-0.39, 0.29) is 30.5 Å². The fraction of sp³-hybridized carbons (Fsp3) is 0.261. The number of aromatic amines is 1. The van der Waals surface area contributed by atoms with Gasteiger partial charge in [-0.2, -0.15) is 0 Å². The van der Waals surface area contributed by atoms with Crippen LogP contribution in [0.1, 0.15) is 30.8 Å². The van der Waals surface area contributed by atoms with E-state index in [4.69, 9.17) is 4.42 Å². The number of aryl methyl sites for hydroxylation is 1. The molecule has 1 N–H and O–H groups in total. The zero-order chi connectivity index (χ0) is 20.5. The second-order valence-corrected chi connectivity index (χ2v) is 7.58. The molecule has 0 fully saturated rings. The summed E-state index contributed by atoms with van der Waals surface area (Å²) in [6, 6.07) is 13.1. The summed E-state index contributed by atoms with van der Waals surface area (Å²) in [5.74, 6) is 0.433. The molecule has 0 aliphatic carbocycles. The van der Waals surface area contributed by atoms with Crippen LogP contribution in [-0.4, -0.2) is 26.8 Å². The predicted octanol–water partition coefficient (Wildman–Crippen LogP) is 3.96. The number of benzene rings is 2. The molecule has 6 heteroatoms. The lowest BCUT2D eigenvalue weighted by Crippen LogP contribution is -2.38. The third-order valence-corrected chi connectivity index (χ3v) is 5.08. The SMILES string of the molecule is Cc1ccc2c(CC(=O)N(Cc3nc4ccccc4c(=O)[nH]3)C(C)C)coc2c1. The Morgan fingerprint density at radius 2 is 1.97 bits per heavy atom. The maximum absolute atomic E-state index is 13.1. The average molecular weight is 389 g/mol. The Hall–Kier alpha value is -3.41. The molecule has 0 spiro atoms. The van der Waals surface area contributed by atoms with E-state index in [0.717, 1.165) is 22.1 Å². The summed E-state index contributed by atoms with van der Waals surface area (Å²) in [4.78, 5) is 34.5. The molecule has 2 heterocycles. The molecular formula is C23H23N3O3. The number of H-pyrrole nitrogens is 1. The standard InChI is InChI=1S/C23H23N3O3/c1-14(2)26(12-21-24-19-7-5-4-6-18(19)23(28)25-21)22(27)11-16-13-29-20-10-15(3)8-9-17(16)20/h4-10,13-14H,11-12H2,1-3H3,(H,24,25,28). The molecule has 0 atom stereocenters. The summed E-state index contributed by atoms with van der Waals surface area (Å²) in [5.41, 5.74) is 3.18. The monoisotopic (exact) mass is 389 g/mol. The molecule has 6 nitrogen and oxygen atoms in total. The number of fused-ring (bicyclic) bond motifs is 2. The lowest BCUT2D eigenvalue weighted by Gasteiger charge is -2.26. The van der Waals surface area contributed by atoms with Crippen LogP contribution in [0.5, 0.6) is 0 Å². The van der Waals surface area contributed by atoms with Crippen molar-refractivity contribution in [2.75, 3.05) is 0 Å². The van der Waals surface area contributed by atoms with Gasteiger partial charge in [-0.05, 0) is 44.5 Å². The van der Waals surface area contributed by atoms with E-state index in [2.05, 4.69) is 9.97 Å². The lowest BCUT2D eigenvalue weighted by atomic mass is 10.1. The number of hydrogen-bond acceptors (Lipinski definition) is 4. The van der Waals surface area contributed by atoms with Crippen LogP contribution in [0.4, 0.5) is 0 Å². The van der Waals surface area contributed by atoms with Crippen LogP contribution in [0.3, 0.4) is 0 Å². The number of furan rings is 1. The zero-order valence-corrected chi connectivity index (χ0v) is 16.7. The Morgan fingerprint density at radius 1 is 1.17 bits per heavy atom. The first-order chi connectivity index (χ1) is 13.9. The largest absolute Gasteiger partial charge is 0.464 e. The molecule has 1 amide bonds. The molecular weight excluding hydrogens is 366 g/mol. The fourth-order valence-corrected chi connectivity index (χ4v) is 3.52. The van der Waals surface area contributed by atoms with Crippen molar-refractivity contribution in [2.45, 2.75) is 39.8 Å². The van der Waals surface area contributed by atoms with Crippen LogP contribution in [-0.2, 0) is 17.8 Å². The van der Waals surface area contributed by atoms with Crippen molar-refractivity contribution in [2.24, 2.45) is 0 Å². The lowest BCUT2D eigenvalue weighted by molar-refractivity contribution is -0.132. The Kier molecular flexibility index (Phi) is 4.92. The third-order valence-electron chi connectivity index (χ3n) is 5.08. The summed E-state index contributed by atoms with van der Waals surface area (Å²) < 4.78 is 5.62. The van der Waals surface area contributed by atoms with Crippen LogP contribution < -0.4 is 5.56 Å². The summed E-state index contributed by atoms with van der Waals surface area (Å²) >= 11 is 0. The number of hydrogen-bond donors (Lipinski definition) is 1. The number of nitrogens with zero attached hydrogens (tertiary/aromatic N) is 2. The first-order valence-electron chi connectivity index (χ1n) is 9.66. The van der Waals surface area contributed by atoms with Crippen LogP contribution in [0.15, 0.2) is 57.9 Å². The second-order valence-electron chi connectivity index (χ2n) is 7.58. The van der Waals surface area contributed by atoms with Crippen molar-refractivity contribution in [3.8, 4) is 0 Å². The van der Waals surface area contributed by atoms with Gasteiger partial charge in [0.05, 0.1) is 30.1 Å². The van der Waals surface area contributed by atoms with Crippen molar-refractivity contribution in [1.29, 1.82) is 0 Å². The molecule has 2 aromatic heterocycles. The highest BCUT2D eigenvalue weighted by Crippen LogP contribution is 2.23. The topological polar surface area (TPSA) is 79.2 Å². The van der Waals surface area contributed by atoms with E-state index < -0.39 is 0 Å². The molecule has 0 bridgehead atoms. The molecule has 4 aromatic rings. The number of aromatic nitrogens is 2. The van der Waals surface area contributed by atoms with Gasteiger partial charge in [0.15, 0.2) is 0 Å². The molecule has 0 saturated heterocycles. The quantitative estimate of drug-likeness (QED) is 0.560. The highest BCUT2D eigenvalue weighted by atomic mass is 16.3. The van der Waals surface area contributed by atoms with E-state index in [1.807, 2.05) is 45.0 Å². The molecule has 29 heavy (non-hydrogen) atoms. The maximum atomic E-state index is 13.1. The molecule has 0 unspecified atom stereocenters. The van der Waals surface area contributed by atoms with Gasteiger partial charge < -0.3 is 14.3 Å². The van der Waals surface area contributed by atoms with Crippen LogP contribution in [0, 0.1) is 6.92 Å². The molecule has 4 rings (SSSR count). The fourth-order valence-electron chi connectivity index (χ4n) is 3.52. The van der Waals surface area contributed by atoms with Gasteiger partial charge >= 0.3 is 0 Å². The van der Waals surface area contributed by atoms with E-state index in [1.165, 1.54) is 0 Å². The molecule has 0 radical (unpaired) electrons. The van der Waals surface area contributed by atoms with Crippen LogP contribution in [0.25, 0.3) is 21.9 Å². The summed E-state index contributed by atoms with van der Waals surface area (Å²) in [7, 11) is 0. The Balaban J connectivity index is 1.60. The van der Waals surface area contributed by atoms with Gasteiger partial charge in [0.1, 0.15) is 11.4 Å². The Morgan fingerprint density at radius 3 is 2.76 bits per heavy atom. The number of nitrogens with one attached hydrogen (secondary N) is 1. The van der Waals surface area contributed by atoms with Crippen molar-refractivity contribution < 1.29 is 9.21 Å². The van der Waals surface area contributed by atoms with Crippen molar-refractivity contribution in [3.63, 3.8) is 0 Å². The molecule has 0 aliphatic heterocycles. The summed E-state index contributed by atoms with van der Waals surface area (Å²) in [6.07, 6.45) is 1.88. The maximum Gasteiger partial charge on any atom is 0.258 e. The first kappa shape index (κ1) is 18.9. The molecule has 0 saturated carbocycles. The van der Waals surface area contributed by atoms with Crippen LogP contribution in [0.2, 0.25) is 0 Å². The van der Waals surface area contributed by atoms with Crippen molar-refractivity contribution in [3.05, 3.63) is 76.0 Å². The predicted molar refractivity (Wildman–Crippen MR) is 113 cm³/mol. The van der Waals surface area contributed by atoms with Gasteiger partial charge in [-0.25, -0.2) is 4.98 Å². The Bertz CT molecular complexity index is 1250. The average Bonchev–Trinajstić information content (AvgIpc) is 3.07. The first-order valence-corrected chi connectivity index (χ1v) is 9.66. The smallest absolute Gasteiger partial charge is 0.258 e. The van der Waals surface area contributed by atoms with Crippen molar-refractivity contribution in [1.82, 2.24) is 14.9 Å². The number of carbonyl (C=O) groups is 1. The molecule has 2 aromatic carbocycles. The zero-order valence-electron chi connectivity index (χ0n) is 16.7. The highest BCUT2D eigenvalue weighted by molar-refractivity contribution is 5.88. The van der Waals surface area contributed by atoms with Gasteiger partial charge in [-0.3, -0.25) is 9.59 Å². The van der Waals surface area contributed by atoms with Crippen molar-refractivity contribution >= 4 is 27.8 Å². The minimum Gasteiger partial charge on any atom is -0.464 e. The normalized spacial score (nSPS) is 11.4. The molecule has 148 valence electrons. The van der Waals surface area contributed by atoms with Gasteiger partial charge in [-0.15, -0.1) is 0 Å². The number of amides is 1. The van der Waals surface area contributed by atoms with E-state index in [9.17, 15) is 9.59 Å². The highest BCUT2D eigenvalue weighted by Gasteiger charge is 2.21. The number of para-hydroxylation sites is 1. The van der Waals surface area contributed by atoms with E-state index in [1.54, 1.807) is 29.4 Å².